The summed E-state index contributed by atoms with van der Waals surface area (Å²) in [5.41, 5.74) is -0.453. The standard InChI is InChI=1S/C46H74O17/c1-21(2)14-22-15-44(7,55)37-23-8-9-28-42(5)12-11-29(41(3,4)27(42)10-13-43(28,6)45(23)19-46(37,63-22)57-20-45)60-40-36(62-38-33(53)31(51)26(17-48)59-38)35(24(49)18-56-40)61-39-34(54)32(52)30(50)25(16-47)58-39/h14,22-40,47-55H,8-13,15-20H2,1-7H3/t22?,23?,24-,25?,26-,27?,28?,29-,30+,31+,32+,33?,34?,35+,36?,37?,38-,39-,40-,42-,43+,44?,45-,46-/m0/s1. The maximum absolute atomic E-state index is 12.2. The molecule has 9 aliphatic rings. The van der Waals surface area contributed by atoms with Gasteiger partial charge in [-0.2, -0.15) is 0 Å². The molecule has 63 heavy (non-hydrogen) atoms. The van der Waals surface area contributed by atoms with E-state index in [9.17, 15) is 46.0 Å². The van der Waals surface area contributed by atoms with E-state index in [1.165, 1.54) is 0 Å². The zero-order valence-electron chi connectivity index (χ0n) is 37.8. The minimum absolute atomic E-state index is 0.0626. The Hall–Kier alpha value is -0.940. The summed E-state index contributed by atoms with van der Waals surface area (Å²) in [5.74, 6) is -0.0237. The molecule has 24 atom stereocenters. The van der Waals surface area contributed by atoms with Gasteiger partial charge in [0.25, 0.3) is 0 Å². The van der Waals surface area contributed by atoms with Crippen LogP contribution in [0.2, 0.25) is 0 Å². The van der Waals surface area contributed by atoms with Crippen LogP contribution in [-0.2, 0) is 37.9 Å². The van der Waals surface area contributed by atoms with Gasteiger partial charge in [0.2, 0.25) is 0 Å². The van der Waals surface area contributed by atoms with Crippen molar-refractivity contribution in [3.63, 3.8) is 0 Å². The molecule has 0 aromatic rings. The molecule has 2 spiro atoms. The lowest BCUT2D eigenvalue weighted by atomic mass is 9.35. The minimum atomic E-state index is -1.79. The van der Waals surface area contributed by atoms with Gasteiger partial charge in [-0.3, -0.25) is 0 Å². The van der Waals surface area contributed by atoms with Gasteiger partial charge in [-0.25, -0.2) is 0 Å². The SMILES string of the molecule is CC(C)=CC1CC(C)(O)C2C3CCC4[C@@]5(C)CC[C@H](O[C@@H]6OC[C@H](O)[C@@H](O[C@@H]7OC(CO)[C@@H](O)[C@@H](O)C7O)C6O[C@@H]6O[C@@H](CO)[C@@H](O)C6O)C(C)(C)C5CC[C@@]4(C)[C@@]34CO[C@@]2(C4)O1. The average Bonchev–Trinajstić information content (AvgIpc) is 3.83. The highest BCUT2D eigenvalue weighted by atomic mass is 16.8. The quantitative estimate of drug-likeness (QED) is 0.114. The number of aliphatic hydroxyl groups excluding tert-OH is 8. The smallest absolute Gasteiger partial charge is 0.187 e. The molecule has 9 N–H and O–H groups in total. The first-order valence-electron chi connectivity index (χ1n) is 23.5. The Morgan fingerprint density at radius 3 is 2.00 bits per heavy atom. The molecule has 17 heteroatoms. The fourth-order valence-electron chi connectivity index (χ4n) is 15.6. The molecule has 0 aromatic carbocycles. The number of allylic oxidation sites excluding steroid dienone is 1. The van der Waals surface area contributed by atoms with E-state index in [-0.39, 0.29) is 52.8 Å². The molecule has 2 bridgehead atoms. The predicted octanol–water partition coefficient (Wildman–Crippen LogP) is 0.606. The van der Waals surface area contributed by atoms with Gasteiger partial charge < -0.3 is 83.9 Å². The zero-order chi connectivity index (χ0) is 45.4. The summed E-state index contributed by atoms with van der Waals surface area (Å²) in [7, 11) is 0. The lowest BCUT2D eigenvalue weighted by Gasteiger charge is -2.70. The van der Waals surface area contributed by atoms with Gasteiger partial charge in [-0.15, -0.1) is 0 Å². The van der Waals surface area contributed by atoms with E-state index in [2.05, 4.69) is 47.6 Å². The Bertz CT molecular complexity index is 1710. The van der Waals surface area contributed by atoms with Crippen molar-refractivity contribution in [3.05, 3.63) is 11.6 Å². The number of hydrogen-bond donors (Lipinski definition) is 9. The fraction of sp³-hybridized carbons (Fsp3) is 0.957. The Labute approximate surface area is 369 Å². The summed E-state index contributed by atoms with van der Waals surface area (Å²) in [6.07, 6.45) is -11.0. The molecule has 5 saturated heterocycles. The van der Waals surface area contributed by atoms with Crippen molar-refractivity contribution in [1.29, 1.82) is 0 Å². The fourth-order valence-corrected chi connectivity index (χ4v) is 15.6. The molecule has 0 aromatic heterocycles. The van der Waals surface area contributed by atoms with Crippen LogP contribution in [0.1, 0.15) is 99.8 Å². The first kappa shape index (κ1) is 47.1. The second-order valence-electron chi connectivity index (χ2n) is 22.5. The van der Waals surface area contributed by atoms with E-state index < -0.39 is 110 Å². The number of ether oxygens (including phenoxy) is 8. The topological polar surface area (TPSA) is 256 Å². The first-order valence-corrected chi connectivity index (χ1v) is 23.5. The Balaban J connectivity index is 0.969. The van der Waals surface area contributed by atoms with Crippen molar-refractivity contribution >= 4 is 0 Å². The monoisotopic (exact) mass is 898 g/mol. The Kier molecular flexibility index (Phi) is 12.2. The van der Waals surface area contributed by atoms with Gasteiger partial charge in [0.1, 0.15) is 61.0 Å². The molecular formula is C46H74O17. The van der Waals surface area contributed by atoms with E-state index >= 15 is 0 Å². The van der Waals surface area contributed by atoms with Crippen LogP contribution < -0.4 is 0 Å². The first-order chi connectivity index (χ1) is 29.6. The maximum Gasteiger partial charge on any atom is 0.187 e. The molecule has 0 amide bonds. The summed E-state index contributed by atoms with van der Waals surface area (Å²) < 4.78 is 50.7. The summed E-state index contributed by atoms with van der Waals surface area (Å²) in [4.78, 5) is 0. The van der Waals surface area contributed by atoms with Gasteiger partial charge in [-0.1, -0.05) is 39.3 Å². The predicted molar refractivity (Wildman–Crippen MR) is 219 cm³/mol. The summed E-state index contributed by atoms with van der Waals surface area (Å²) >= 11 is 0. The molecule has 4 saturated carbocycles. The third-order valence-electron chi connectivity index (χ3n) is 18.4. The molecule has 0 radical (unpaired) electrons. The van der Waals surface area contributed by atoms with Crippen molar-refractivity contribution < 1.29 is 83.9 Å². The maximum atomic E-state index is 12.2. The highest BCUT2D eigenvalue weighted by Gasteiger charge is 2.81. The highest BCUT2D eigenvalue weighted by Crippen LogP contribution is 2.80. The molecule has 5 heterocycles. The molecule has 9 rings (SSSR count). The van der Waals surface area contributed by atoms with Crippen LogP contribution in [0.3, 0.4) is 0 Å². The van der Waals surface area contributed by atoms with Crippen molar-refractivity contribution in [2.75, 3.05) is 26.4 Å². The van der Waals surface area contributed by atoms with Crippen LogP contribution in [0.15, 0.2) is 11.6 Å². The third-order valence-corrected chi connectivity index (χ3v) is 18.4. The molecule has 17 nitrogen and oxygen atoms in total. The normalized spacial score (nSPS) is 57.2. The van der Waals surface area contributed by atoms with Crippen molar-refractivity contribution in [1.82, 2.24) is 0 Å². The molecule has 360 valence electrons. The van der Waals surface area contributed by atoms with Gasteiger partial charge >= 0.3 is 0 Å². The number of aliphatic hydroxyl groups is 9. The van der Waals surface area contributed by atoms with Gasteiger partial charge in [0.05, 0.1) is 44.2 Å². The second-order valence-corrected chi connectivity index (χ2v) is 22.5. The van der Waals surface area contributed by atoms with E-state index in [1.807, 2.05) is 6.92 Å². The van der Waals surface area contributed by atoms with Gasteiger partial charge in [0.15, 0.2) is 24.7 Å². The van der Waals surface area contributed by atoms with Crippen LogP contribution >= 0.6 is 0 Å². The minimum Gasteiger partial charge on any atom is -0.394 e. The van der Waals surface area contributed by atoms with Gasteiger partial charge in [0, 0.05) is 24.2 Å². The van der Waals surface area contributed by atoms with Crippen molar-refractivity contribution in [3.8, 4) is 0 Å². The number of fused-ring (bicyclic) bond motifs is 4. The third kappa shape index (κ3) is 7.11. The summed E-state index contributed by atoms with van der Waals surface area (Å²) in [6, 6.07) is 0. The second kappa shape index (κ2) is 16.4. The van der Waals surface area contributed by atoms with E-state index in [0.717, 1.165) is 44.1 Å². The van der Waals surface area contributed by atoms with Crippen LogP contribution in [0.4, 0.5) is 0 Å². The van der Waals surface area contributed by atoms with E-state index in [0.29, 0.717) is 25.4 Å². The van der Waals surface area contributed by atoms with Crippen LogP contribution in [0.25, 0.3) is 0 Å². The molecule has 9 fully saturated rings. The van der Waals surface area contributed by atoms with Crippen LogP contribution in [0.5, 0.6) is 0 Å². The summed E-state index contributed by atoms with van der Waals surface area (Å²) in [5, 5.41) is 96.7. The van der Waals surface area contributed by atoms with E-state index in [4.69, 9.17) is 37.9 Å². The van der Waals surface area contributed by atoms with Crippen LogP contribution in [-0.4, -0.2) is 176 Å². The lowest BCUT2D eigenvalue weighted by Crippen LogP contribution is -2.67. The summed E-state index contributed by atoms with van der Waals surface area (Å²) in [6.45, 7) is 14.6. The highest BCUT2D eigenvalue weighted by molar-refractivity contribution is 5.26. The number of rotatable bonds is 9. The molecule has 4 aliphatic carbocycles. The Morgan fingerprint density at radius 2 is 1.35 bits per heavy atom. The average molecular weight is 899 g/mol. The van der Waals surface area contributed by atoms with Crippen molar-refractivity contribution in [2.45, 2.75) is 203 Å². The van der Waals surface area contributed by atoms with Crippen LogP contribution in [0, 0.1) is 45.3 Å². The largest absolute Gasteiger partial charge is 0.394 e. The van der Waals surface area contributed by atoms with Gasteiger partial charge in [-0.05, 0) is 93.3 Å². The van der Waals surface area contributed by atoms with E-state index in [1.54, 1.807) is 0 Å². The molecular weight excluding hydrogens is 824 g/mol. The molecule has 5 aliphatic heterocycles. The lowest BCUT2D eigenvalue weighted by molar-refractivity contribution is -0.375. The Morgan fingerprint density at radius 1 is 0.714 bits per heavy atom. The molecule has 10 unspecified atom stereocenters. The zero-order valence-corrected chi connectivity index (χ0v) is 37.8. The van der Waals surface area contributed by atoms with Crippen molar-refractivity contribution in [2.24, 2.45) is 45.3 Å². The number of hydrogen-bond acceptors (Lipinski definition) is 17.